The predicted molar refractivity (Wildman–Crippen MR) is 64.4 cm³/mol. The molecule has 0 radical (unpaired) electrons. The Morgan fingerprint density at radius 2 is 2.22 bits per heavy atom. The molecule has 1 aromatic heterocycles. The van der Waals surface area contributed by atoms with Crippen LogP contribution in [0, 0.1) is 11.7 Å². The molecule has 0 amide bonds. The second kappa shape index (κ2) is 4.33. The summed E-state index contributed by atoms with van der Waals surface area (Å²) in [5, 5.41) is 4.22. The average molecular weight is 268 g/mol. The Bertz CT molecular complexity index is 582. The molecule has 3 rings (SSSR count). The van der Waals surface area contributed by atoms with Gasteiger partial charge in [-0.2, -0.15) is 4.98 Å². The molecule has 1 aliphatic carbocycles. The van der Waals surface area contributed by atoms with Gasteiger partial charge in [0.2, 0.25) is 0 Å². The van der Waals surface area contributed by atoms with Crippen LogP contribution in [0.3, 0.4) is 0 Å². The van der Waals surface area contributed by atoms with E-state index in [4.69, 9.17) is 21.9 Å². The lowest BCUT2D eigenvalue weighted by atomic mass is 10.2. The SMILES string of the molecule is NC(c1noc(-c2cc(Cl)ccc2F)n1)C1CC1. The van der Waals surface area contributed by atoms with Gasteiger partial charge >= 0.3 is 0 Å². The number of halogens is 2. The van der Waals surface area contributed by atoms with Crippen LogP contribution in [0.1, 0.15) is 24.7 Å². The summed E-state index contributed by atoms with van der Waals surface area (Å²) < 4.78 is 18.7. The van der Waals surface area contributed by atoms with Crippen molar-refractivity contribution in [3.05, 3.63) is 34.9 Å². The van der Waals surface area contributed by atoms with E-state index in [9.17, 15) is 4.39 Å². The first-order valence-corrected chi connectivity index (χ1v) is 6.07. The Kier molecular flexibility index (Phi) is 2.80. The van der Waals surface area contributed by atoms with Crippen LogP contribution < -0.4 is 5.73 Å². The van der Waals surface area contributed by atoms with Gasteiger partial charge in [0.05, 0.1) is 11.6 Å². The quantitative estimate of drug-likeness (QED) is 0.929. The Morgan fingerprint density at radius 3 is 2.94 bits per heavy atom. The molecule has 0 aliphatic heterocycles. The molecular weight excluding hydrogens is 257 g/mol. The average Bonchev–Trinajstić information content (AvgIpc) is 3.09. The molecule has 4 nitrogen and oxygen atoms in total. The second-order valence-electron chi connectivity index (χ2n) is 4.45. The van der Waals surface area contributed by atoms with E-state index in [1.807, 2.05) is 0 Å². The minimum absolute atomic E-state index is 0.112. The maximum Gasteiger partial charge on any atom is 0.261 e. The van der Waals surface area contributed by atoms with E-state index >= 15 is 0 Å². The minimum Gasteiger partial charge on any atom is -0.334 e. The molecule has 1 aliphatic rings. The van der Waals surface area contributed by atoms with Gasteiger partial charge in [0.1, 0.15) is 5.82 Å². The van der Waals surface area contributed by atoms with Crippen LogP contribution in [-0.4, -0.2) is 10.1 Å². The summed E-state index contributed by atoms with van der Waals surface area (Å²) >= 11 is 5.82. The standard InChI is InChI=1S/C12H11ClFN3O/c13-7-3-4-9(14)8(5-7)12-16-11(17-18-12)10(15)6-1-2-6/h3-6,10H,1-2,15H2. The van der Waals surface area contributed by atoms with Crippen molar-refractivity contribution in [3.8, 4) is 11.5 Å². The third kappa shape index (κ3) is 2.11. The zero-order valence-electron chi connectivity index (χ0n) is 9.44. The van der Waals surface area contributed by atoms with E-state index in [1.54, 1.807) is 0 Å². The van der Waals surface area contributed by atoms with E-state index in [0.29, 0.717) is 16.8 Å². The largest absolute Gasteiger partial charge is 0.334 e. The smallest absolute Gasteiger partial charge is 0.261 e. The molecule has 0 spiro atoms. The summed E-state index contributed by atoms with van der Waals surface area (Å²) in [6.07, 6.45) is 2.16. The van der Waals surface area contributed by atoms with E-state index in [-0.39, 0.29) is 17.5 Å². The highest BCUT2D eigenvalue weighted by Gasteiger charge is 2.32. The van der Waals surface area contributed by atoms with Crippen molar-refractivity contribution in [3.63, 3.8) is 0 Å². The van der Waals surface area contributed by atoms with Crippen molar-refractivity contribution in [2.24, 2.45) is 11.7 Å². The molecule has 1 fully saturated rings. The Morgan fingerprint density at radius 1 is 1.44 bits per heavy atom. The lowest BCUT2D eigenvalue weighted by molar-refractivity contribution is 0.410. The highest BCUT2D eigenvalue weighted by atomic mass is 35.5. The fourth-order valence-electron chi connectivity index (χ4n) is 1.81. The van der Waals surface area contributed by atoms with Gasteiger partial charge < -0.3 is 10.3 Å². The zero-order valence-corrected chi connectivity index (χ0v) is 10.2. The van der Waals surface area contributed by atoms with E-state index in [2.05, 4.69) is 10.1 Å². The Balaban J connectivity index is 1.94. The van der Waals surface area contributed by atoms with Crippen LogP contribution in [0.25, 0.3) is 11.5 Å². The number of hydrogen-bond acceptors (Lipinski definition) is 4. The summed E-state index contributed by atoms with van der Waals surface area (Å²) in [5.74, 6) is 0.502. The summed E-state index contributed by atoms with van der Waals surface area (Å²) in [4.78, 5) is 4.14. The third-order valence-corrected chi connectivity index (χ3v) is 3.26. The normalized spacial score (nSPS) is 16.8. The van der Waals surface area contributed by atoms with Crippen molar-refractivity contribution >= 4 is 11.6 Å². The van der Waals surface area contributed by atoms with Gasteiger partial charge in [0.25, 0.3) is 5.89 Å². The van der Waals surface area contributed by atoms with Gasteiger partial charge in [0.15, 0.2) is 5.82 Å². The first-order chi connectivity index (χ1) is 8.65. The van der Waals surface area contributed by atoms with Gasteiger partial charge in [-0.15, -0.1) is 0 Å². The topological polar surface area (TPSA) is 64.9 Å². The molecule has 2 N–H and O–H groups in total. The van der Waals surface area contributed by atoms with E-state index < -0.39 is 5.82 Å². The molecule has 1 aromatic carbocycles. The molecule has 1 atom stereocenters. The second-order valence-corrected chi connectivity index (χ2v) is 4.88. The highest BCUT2D eigenvalue weighted by molar-refractivity contribution is 6.30. The van der Waals surface area contributed by atoms with Gasteiger partial charge in [-0.3, -0.25) is 0 Å². The van der Waals surface area contributed by atoms with Gasteiger partial charge in [-0.05, 0) is 37.0 Å². The van der Waals surface area contributed by atoms with Gasteiger partial charge in [-0.1, -0.05) is 16.8 Å². The van der Waals surface area contributed by atoms with Crippen molar-refractivity contribution in [2.45, 2.75) is 18.9 Å². The predicted octanol–water partition coefficient (Wildman–Crippen LogP) is 2.94. The molecule has 0 bridgehead atoms. The van der Waals surface area contributed by atoms with Crippen molar-refractivity contribution < 1.29 is 8.91 Å². The fraction of sp³-hybridized carbons (Fsp3) is 0.333. The van der Waals surface area contributed by atoms with Crippen LogP contribution in [-0.2, 0) is 0 Å². The lowest BCUT2D eigenvalue weighted by Gasteiger charge is -2.02. The van der Waals surface area contributed by atoms with Crippen molar-refractivity contribution in [2.75, 3.05) is 0 Å². The molecule has 94 valence electrons. The molecule has 1 saturated carbocycles. The molecule has 1 unspecified atom stereocenters. The molecule has 1 heterocycles. The van der Waals surface area contributed by atoms with E-state index in [1.165, 1.54) is 18.2 Å². The zero-order chi connectivity index (χ0) is 12.7. The van der Waals surface area contributed by atoms with E-state index in [0.717, 1.165) is 12.8 Å². The van der Waals surface area contributed by atoms with Crippen LogP contribution in [0.5, 0.6) is 0 Å². The van der Waals surface area contributed by atoms with Crippen LogP contribution >= 0.6 is 11.6 Å². The lowest BCUT2D eigenvalue weighted by Crippen LogP contribution is -2.13. The maximum atomic E-state index is 13.6. The fourth-order valence-corrected chi connectivity index (χ4v) is 1.98. The summed E-state index contributed by atoms with van der Waals surface area (Å²) in [5.41, 5.74) is 6.15. The highest BCUT2D eigenvalue weighted by Crippen LogP contribution is 2.39. The number of rotatable bonds is 3. The Labute approximate surface area is 108 Å². The molecular formula is C12H11ClFN3O. The molecule has 6 heteroatoms. The van der Waals surface area contributed by atoms with Gasteiger partial charge in [0, 0.05) is 5.02 Å². The van der Waals surface area contributed by atoms with Crippen LogP contribution in [0.4, 0.5) is 4.39 Å². The third-order valence-electron chi connectivity index (χ3n) is 3.03. The van der Waals surface area contributed by atoms with Gasteiger partial charge in [-0.25, -0.2) is 4.39 Å². The monoisotopic (exact) mass is 267 g/mol. The van der Waals surface area contributed by atoms with Crippen molar-refractivity contribution in [1.82, 2.24) is 10.1 Å². The molecule has 2 aromatic rings. The summed E-state index contributed by atoms with van der Waals surface area (Å²) in [7, 11) is 0. The first kappa shape index (κ1) is 11.6. The summed E-state index contributed by atoms with van der Waals surface area (Å²) in [6, 6.07) is 3.96. The number of nitrogens with zero attached hydrogens (tertiary/aromatic N) is 2. The number of aromatic nitrogens is 2. The van der Waals surface area contributed by atoms with Crippen LogP contribution in [0.15, 0.2) is 22.7 Å². The Hall–Kier alpha value is -1.46. The molecule has 0 saturated heterocycles. The van der Waals surface area contributed by atoms with Crippen LogP contribution in [0.2, 0.25) is 5.02 Å². The summed E-state index contributed by atoms with van der Waals surface area (Å²) in [6.45, 7) is 0. The van der Waals surface area contributed by atoms with Crippen molar-refractivity contribution in [1.29, 1.82) is 0 Å². The number of benzene rings is 1. The maximum absolute atomic E-state index is 13.6. The first-order valence-electron chi connectivity index (χ1n) is 5.70. The number of nitrogens with two attached hydrogens (primary N) is 1. The molecule has 18 heavy (non-hydrogen) atoms. The minimum atomic E-state index is -0.449. The number of hydrogen-bond donors (Lipinski definition) is 1.